The summed E-state index contributed by atoms with van der Waals surface area (Å²) in [7, 11) is -2.99. The highest BCUT2D eigenvalue weighted by Crippen LogP contribution is 2.30. The number of amides is 1. The number of hydrogen-bond donors (Lipinski definition) is 1. The summed E-state index contributed by atoms with van der Waals surface area (Å²) < 4.78 is 36.7. The number of nitrogens with one attached hydrogen (secondary N) is 1. The quantitative estimate of drug-likeness (QED) is 0.625. The zero-order valence-electron chi connectivity index (χ0n) is 14.2. The van der Waals surface area contributed by atoms with Gasteiger partial charge in [0.2, 0.25) is 5.91 Å². The molecule has 26 heavy (non-hydrogen) atoms. The first-order valence-electron chi connectivity index (χ1n) is 8.23. The Labute approximate surface area is 155 Å². The first-order chi connectivity index (χ1) is 12.3. The van der Waals surface area contributed by atoms with Crippen LogP contribution in [0.4, 0.5) is 4.39 Å². The van der Waals surface area contributed by atoms with Crippen molar-refractivity contribution in [3.8, 4) is 10.4 Å². The molecule has 1 aromatic carbocycles. The van der Waals surface area contributed by atoms with Gasteiger partial charge >= 0.3 is 0 Å². The molecule has 1 aliphatic rings. The summed E-state index contributed by atoms with van der Waals surface area (Å²) in [6.07, 6.45) is 0.677. The number of hydrazone groups is 1. The standard InChI is InChI=1S/C18H19FN2O3S2/c1-12(20-21-18(22)10-13-8-9-26(23,24)11-13)16-6-7-17(25-16)14-4-2-3-5-15(14)19/h2-7,13H,8-11H2,1H3,(H,21,22)/b20-12+. The fourth-order valence-electron chi connectivity index (χ4n) is 2.88. The smallest absolute Gasteiger partial charge is 0.240 e. The second kappa shape index (κ2) is 7.67. The lowest BCUT2D eigenvalue weighted by molar-refractivity contribution is -0.121. The third kappa shape index (κ3) is 4.56. The molecule has 0 spiro atoms. The van der Waals surface area contributed by atoms with Crippen molar-refractivity contribution in [2.45, 2.75) is 19.8 Å². The second-order valence-electron chi connectivity index (χ2n) is 6.35. The average Bonchev–Trinajstić information content (AvgIpc) is 3.20. The Morgan fingerprint density at radius 2 is 2.08 bits per heavy atom. The third-order valence-corrected chi connectivity index (χ3v) is 7.32. The van der Waals surface area contributed by atoms with E-state index in [-0.39, 0.29) is 35.6 Å². The van der Waals surface area contributed by atoms with Crippen molar-refractivity contribution in [1.82, 2.24) is 5.43 Å². The van der Waals surface area contributed by atoms with Crippen molar-refractivity contribution in [3.05, 3.63) is 47.1 Å². The molecule has 1 unspecified atom stereocenters. The largest absolute Gasteiger partial charge is 0.273 e. The highest BCUT2D eigenvalue weighted by molar-refractivity contribution is 7.91. The van der Waals surface area contributed by atoms with E-state index < -0.39 is 9.84 Å². The van der Waals surface area contributed by atoms with Gasteiger partial charge in [0.25, 0.3) is 0 Å². The molecule has 1 N–H and O–H groups in total. The summed E-state index contributed by atoms with van der Waals surface area (Å²) in [6.45, 7) is 1.76. The van der Waals surface area contributed by atoms with Gasteiger partial charge in [0, 0.05) is 16.9 Å². The van der Waals surface area contributed by atoms with Crippen LogP contribution < -0.4 is 5.43 Å². The topological polar surface area (TPSA) is 75.6 Å². The van der Waals surface area contributed by atoms with Crippen LogP contribution in [0.25, 0.3) is 10.4 Å². The molecular weight excluding hydrogens is 375 g/mol. The number of halogens is 1. The third-order valence-electron chi connectivity index (χ3n) is 4.25. The maximum absolute atomic E-state index is 13.9. The Morgan fingerprint density at radius 1 is 1.31 bits per heavy atom. The van der Waals surface area contributed by atoms with Crippen molar-refractivity contribution in [2.75, 3.05) is 11.5 Å². The van der Waals surface area contributed by atoms with Gasteiger partial charge in [-0.3, -0.25) is 4.79 Å². The lowest BCUT2D eigenvalue weighted by Gasteiger charge is -2.06. The van der Waals surface area contributed by atoms with E-state index in [4.69, 9.17) is 0 Å². The molecule has 1 aromatic heterocycles. The molecule has 2 aromatic rings. The Bertz CT molecular complexity index is 951. The zero-order chi connectivity index (χ0) is 18.7. The van der Waals surface area contributed by atoms with Crippen molar-refractivity contribution < 1.29 is 17.6 Å². The number of hydrogen-bond acceptors (Lipinski definition) is 5. The van der Waals surface area contributed by atoms with Crippen LogP contribution in [-0.4, -0.2) is 31.5 Å². The van der Waals surface area contributed by atoms with Gasteiger partial charge in [-0.05, 0) is 37.5 Å². The monoisotopic (exact) mass is 394 g/mol. The van der Waals surface area contributed by atoms with Crippen molar-refractivity contribution in [2.24, 2.45) is 11.0 Å². The summed E-state index contributed by atoms with van der Waals surface area (Å²) in [5.41, 5.74) is 3.63. The Hall–Kier alpha value is -2.06. The molecule has 2 heterocycles. The molecule has 1 amide bonds. The van der Waals surface area contributed by atoms with Crippen molar-refractivity contribution in [1.29, 1.82) is 0 Å². The second-order valence-corrected chi connectivity index (χ2v) is 9.66. The van der Waals surface area contributed by atoms with Crippen molar-refractivity contribution in [3.63, 3.8) is 0 Å². The number of benzene rings is 1. The summed E-state index contributed by atoms with van der Waals surface area (Å²) in [5, 5.41) is 4.09. The summed E-state index contributed by atoms with van der Waals surface area (Å²) >= 11 is 1.39. The van der Waals surface area contributed by atoms with E-state index in [1.165, 1.54) is 17.4 Å². The Kier molecular flexibility index (Phi) is 5.52. The van der Waals surface area contributed by atoms with E-state index in [1.807, 2.05) is 12.1 Å². The van der Waals surface area contributed by atoms with E-state index in [0.29, 0.717) is 17.7 Å². The zero-order valence-corrected chi connectivity index (χ0v) is 15.9. The van der Waals surface area contributed by atoms with Gasteiger partial charge in [-0.2, -0.15) is 5.10 Å². The first kappa shape index (κ1) is 18.7. The predicted molar refractivity (Wildman–Crippen MR) is 101 cm³/mol. The summed E-state index contributed by atoms with van der Waals surface area (Å²) in [6, 6.07) is 10.2. The van der Waals surface area contributed by atoms with Crippen LogP contribution in [0.1, 0.15) is 24.6 Å². The van der Waals surface area contributed by atoms with E-state index in [0.717, 1.165) is 9.75 Å². The van der Waals surface area contributed by atoms with Crippen LogP contribution in [0, 0.1) is 11.7 Å². The fraction of sp³-hybridized carbons (Fsp3) is 0.333. The lowest BCUT2D eigenvalue weighted by Crippen LogP contribution is -2.22. The minimum absolute atomic E-state index is 0.0695. The maximum atomic E-state index is 13.9. The van der Waals surface area contributed by atoms with Crippen LogP contribution in [0.15, 0.2) is 41.5 Å². The van der Waals surface area contributed by atoms with Crippen molar-refractivity contribution >= 4 is 32.8 Å². The van der Waals surface area contributed by atoms with Crippen LogP contribution in [0.2, 0.25) is 0 Å². The predicted octanol–water partition coefficient (Wildman–Crippen LogP) is 3.22. The van der Waals surface area contributed by atoms with Gasteiger partial charge in [-0.25, -0.2) is 18.2 Å². The van der Waals surface area contributed by atoms with Crippen LogP contribution in [0.5, 0.6) is 0 Å². The molecule has 0 aliphatic carbocycles. The Balaban J connectivity index is 1.62. The molecule has 0 bridgehead atoms. The summed E-state index contributed by atoms with van der Waals surface area (Å²) in [4.78, 5) is 13.6. The Morgan fingerprint density at radius 3 is 2.77 bits per heavy atom. The number of carbonyl (C=O) groups is 1. The first-order valence-corrected chi connectivity index (χ1v) is 10.9. The van der Waals surface area contributed by atoms with E-state index in [9.17, 15) is 17.6 Å². The normalized spacial score (nSPS) is 19.5. The number of carbonyl (C=O) groups excluding carboxylic acids is 1. The SMILES string of the molecule is C/C(=N\NC(=O)CC1CCS(=O)(=O)C1)c1ccc(-c2ccccc2F)s1. The molecule has 1 saturated heterocycles. The van der Waals surface area contributed by atoms with Gasteiger partial charge in [-0.1, -0.05) is 18.2 Å². The van der Waals surface area contributed by atoms with Crippen LogP contribution in [0.3, 0.4) is 0 Å². The molecule has 8 heteroatoms. The average molecular weight is 394 g/mol. The minimum Gasteiger partial charge on any atom is -0.273 e. The van der Waals surface area contributed by atoms with Gasteiger partial charge in [-0.15, -0.1) is 11.3 Å². The molecule has 3 rings (SSSR count). The van der Waals surface area contributed by atoms with E-state index in [2.05, 4.69) is 10.5 Å². The number of rotatable bonds is 5. The maximum Gasteiger partial charge on any atom is 0.240 e. The van der Waals surface area contributed by atoms with Gasteiger partial charge < -0.3 is 0 Å². The molecule has 5 nitrogen and oxygen atoms in total. The highest BCUT2D eigenvalue weighted by atomic mass is 32.2. The van der Waals surface area contributed by atoms with Gasteiger partial charge in [0.05, 0.1) is 22.1 Å². The summed E-state index contributed by atoms with van der Waals surface area (Å²) in [5.74, 6) is -0.487. The molecule has 0 radical (unpaired) electrons. The molecule has 1 fully saturated rings. The van der Waals surface area contributed by atoms with Gasteiger partial charge in [0.15, 0.2) is 9.84 Å². The molecule has 1 atom stereocenters. The van der Waals surface area contributed by atoms with E-state index >= 15 is 0 Å². The molecular formula is C18H19FN2O3S2. The van der Waals surface area contributed by atoms with Gasteiger partial charge in [0.1, 0.15) is 5.82 Å². The van der Waals surface area contributed by atoms with Crippen LogP contribution >= 0.6 is 11.3 Å². The number of thiophene rings is 1. The molecule has 1 aliphatic heterocycles. The number of sulfone groups is 1. The van der Waals surface area contributed by atoms with E-state index in [1.54, 1.807) is 25.1 Å². The molecule has 0 saturated carbocycles. The minimum atomic E-state index is -2.99. The lowest BCUT2D eigenvalue weighted by atomic mass is 10.1. The highest BCUT2D eigenvalue weighted by Gasteiger charge is 2.29. The fourth-order valence-corrected chi connectivity index (χ4v) is 5.72. The number of nitrogens with zero attached hydrogens (tertiary/aromatic N) is 1. The van der Waals surface area contributed by atoms with Crippen LogP contribution in [-0.2, 0) is 14.6 Å². The molecule has 138 valence electrons.